The molecule has 0 spiro atoms. The van der Waals surface area contributed by atoms with Crippen molar-refractivity contribution in [2.45, 2.75) is 45.2 Å². The molecule has 1 aliphatic carbocycles. The number of imidazole rings is 1. The average Bonchev–Trinajstić information content (AvgIpc) is 2.88. The van der Waals surface area contributed by atoms with Crippen LogP contribution in [-0.4, -0.2) is 25.2 Å². The summed E-state index contributed by atoms with van der Waals surface area (Å²) in [6, 6.07) is 2.58. The van der Waals surface area contributed by atoms with Crippen molar-refractivity contribution < 1.29 is 0 Å². The van der Waals surface area contributed by atoms with Gasteiger partial charge in [-0.3, -0.25) is 4.40 Å². The molecule has 0 aliphatic heterocycles. The minimum atomic E-state index is 0.446. The first-order valence-electron chi connectivity index (χ1n) is 7.46. The van der Waals surface area contributed by atoms with Crippen molar-refractivity contribution in [3.05, 3.63) is 35.2 Å². The second-order valence-electron chi connectivity index (χ2n) is 5.93. The van der Waals surface area contributed by atoms with E-state index in [-0.39, 0.29) is 0 Å². The fraction of sp³-hybridized carbons (Fsp3) is 0.467. The first-order chi connectivity index (χ1) is 10.2. The van der Waals surface area contributed by atoms with Crippen LogP contribution in [0.2, 0.25) is 0 Å². The van der Waals surface area contributed by atoms with E-state index in [0.717, 1.165) is 17.3 Å². The molecular formula is C15H19N5S. The smallest absolute Gasteiger partial charge is 0.196 e. The molecule has 1 saturated carbocycles. The number of thiazole rings is 1. The van der Waals surface area contributed by atoms with Gasteiger partial charge in [0.2, 0.25) is 0 Å². The van der Waals surface area contributed by atoms with Crippen molar-refractivity contribution in [1.82, 2.24) is 24.5 Å². The Bertz CT molecular complexity index is 762. The maximum Gasteiger partial charge on any atom is 0.196 e. The normalized spacial score (nSPS) is 15.4. The number of aromatic nitrogens is 4. The molecule has 3 aromatic rings. The van der Waals surface area contributed by atoms with Crippen molar-refractivity contribution in [1.29, 1.82) is 0 Å². The largest absolute Gasteiger partial charge is 0.309 e. The Morgan fingerprint density at radius 1 is 1.38 bits per heavy atom. The van der Waals surface area contributed by atoms with E-state index >= 15 is 0 Å². The standard InChI is InChI=1S/C15H19N5S/c1-10(2)16-9-13-14(17-15-19(13)7-8-21-15)20-6-5-12(18-20)11-3-4-11/h5-8,10-11,16H,3-4,9H2,1-2H3. The zero-order valence-corrected chi connectivity index (χ0v) is 13.1. The number of fused-ring (bicyclic) bond motifs is 1. The van der Waals surface area contributed by atoms with E-state index in [2.05, 4.69) is 41.2 Å². The molecule has 1 fully saturated rings. The van der Waals surface area contributed by atoms with Crippen molar-refractivity contribution in [2.75, 3.05) is 0 Å². The molecule has 6 heteroatoms. The van der Waals surface area contributed by atoms with Crippen LogP contribution >= 0.6 is 11.3 Å². The third kappa shape index (κ3) is 2.38. The lowest BCUT2D eigenvalue weighted by atomic mass is 10.3. The third-order valence-corrected chi connectivity index (χ3v) is 4.60. The predicted molar refractivity (Wildman–Crippen MR) is 84.1 cm³/mol. The van der Waals surface area contributed by atoms with Crippen LogP contribution in [0, 0.1) is 0 Å². The molecule has 110 valence electrons. The van der Waals surface area contributed by atoms with Gasteiger partial charge in [-0.25, -0.2) is 4.68 Å². The highest BCUT2D eigenvalue weighted by atomic mass is 32.1. The summed E-state index contributed by atoms with van der Waals surface area (Å²) in [5, 5.41) is 10.3. The summed E-state index contributed by atoms with van der Waals surface area (Å²) in [6.45, 7) is 5.11. The van der Waals surface area contributed by atoms with Crippen LogP contribution in [-0.2, 0) is 6.54 Å². The van der Waals surface area contributed by atoms with Crippen LogP contribution in [0.25, 0.3) is 10.8 Å². The molecule has 0 amide bonds. The quantitative estimate of drug-likeness (QED) is 0.788. The SMILES string of the molecule is CC(C)NCc1c(-n2ccc(C3CC3)n2)nc2sccn12. The molecule has 4 rings (SSSR count). The van der Waals surface area contributed by atoms with Crippen LogP contribution in [0.3, 0.4) is 0 Å². The zero-order chi connectivity index (χ0) is 14.4. The van der Waals surface area contributed by atoms with Gasteiger partial charge >= 0.3 is 0 Å². The van der Waals surface area contributed by atoms with E-state index in [1.165, 1.54) is 24.2 Å². The topological polar surface area (TPSA) is 47.2 Å². The summed E-state index contributed by atoms with van der Waals surface area (Å²) >= 11 is 1.66. The number of nitrogens with one attached hydrogen (secondary N) is 1. The van der Waals surface area contributed by atoms with Gasteiger partial charge in [-0.05, 0) is 18.9 Å². The fourth-order valence-corrected chi connectivity index (χ4v) is 3.25. The van der Waals surface area contributed by atoms with Gasteiger partial charge in [-0.15, -0.1) is 11.3 Å². The van der Waals surface area contributed by atoms with Gasteiger partial charge in [0.1, 0.15) is 0 Å². The van der Waals surface area contributed by atoms with Crippen LogP contribution in [0.4, 0.5) is 0 Å². The molecule has 0 radical (unpaired) electrons. The van der Waals surface area contributed by atoms with Crippen LogP contribution in [0.15, 0.2) is 23.8 Å². The number of hydrogen-bond donors (Lipinski definition) is 1. The minimum absolute atomic E-state index is 0.446. The zero-order valence-electron chi connectivity index (χ0n) is 12.3. The van der Waals surface area contributed by atoms with Crippen molar-refractivity contribution in [2.24, 2.45) is 0 Å². The average molecular weight is 301 g/mol. The van der Waals surface area contributed by atoms with E-state index in [4.69, 9.17) is 10.1 Å². The second-order valence-corrected chi connectivity index (χ2v) is 6.81. The van der Waals surface area contributed by atoms with E-state index in [0.29, 0.717) is 12.0 Å². The Balaban J connectivity index is 1.74. The maximum absolute atomic E-state index is 4.76. The second kappa shape index (κ2) is 4.96. The lowest BCUT2D eigenvalue weighted by Gasteiger charge is -2.09. The number of hydrogen-bond acceptors (Lipinski definition) is 4. The van der Waals surface area contributed by atoms with Crippen LogP contribution in [0.5, 0.6) is 0 Å². The first kappa shape index (κ1) is 13.0. The lowest BCUT2D eigenvalue weighted by molar-refractivity contribution is 0.576. The molecule has 1 N–H and O–H groups in total. The van der Waals surface area contributed by atoms with Crippen LogP contribution in [0.1, 0.15) is 44.0 Å². The van der Waals surface area contributed by atoms with Gasteiger partial charge in [-0.1, -0.05) is 13.8 Å². The molecular weight excluding hydrogens is 282 g/mol. The van der Waals surface area contributed by atoms with Gasteiger partial charge in [-0.2, -0.15) is 10.1 Å². The van der Waals surface area contributed by atoms with Crippen molar-refractivity contribution in [3.8, 4) is 5.82 Å². The van der Waals surface area contributed by atoms with E-state index in [1.54, 1.807) is 11.3 Å². The lowest BCUT2D eigenvalue weighted by Crippen LogP contribution is -2.23. The highest BCUT2D eigenvalue weighted by Gasteiger charge is 2.26. The van der Waals surface area contributed by atoms with E-state index in [1.807, 2.05) is 10.9 Å². The first-order valence-corrected chi connectivity index (χ1v) is 8.34. The van der Waals surface area contributed by atoms with Crippen molar-refractivity contribution >= 4 is 16.3 Å². The molecule has 0 aromatic carbocycles. The Morgan fingerprint density at radius 2 is 2.24 bits per heavy atom. The van der Waals surface area contributed by atoms with Gasteiger partial charge < -0.3 is 5.32 Å². The van der Waals surface area contributed by atoms with Crippen LogP contribution < -0.4 is 5.32 Å². The monoisotopic (exact) mass is 301 g/mol. The summed E-state index contributed by atoms with van der Waals surface area (Å²) in [4.78, 5) is 5.78. The van der Waals surface area contributed by atoms with E-state index < -0.39 is 0 Å². The predicted octanol–water partition coefficient (Wildman–Crippen LogP) is 2.96. The summed E-state index contributed by atoms with van der Waals surface area (Å²) < 4.78 is 4.10. The fourth-order valence-electron chi connectivity index (χ4n) is 2.52. The number of nitrogens with zero attached hydrogens (tertiary/aromatic N) is 4. The van der Waals surface area contributed by atoms with E-state index in [9.17, 15) is 0 Å². The number of rotatable bonds is 5. The molecule has 1 aliphatic rings. The highest BCUT2D eigenvalue weighted by Crippen LogP contribution is 2.39. The molecule has 0 unspecified atom stereocenters. The van der Waals surface area contributed by atoms with Gasteiger partial charge in [0, 0.05) is 36.3 Å². The molecule has 0 bridgehead atoms. The summed E-state index contributed by atoms with van der Waals surface area (Å²) in [7, 11) is 0. The van der Waals surface area contributed by atoms with Gasteiger partial charge in [0.15, 0.2) is 10.8 Å². The highest BCUT2D eigenvalue weighted by molar-refractivity contribution is 7.15. The van der Waals surface area contributed by atoms with Gasteiger partial charge in [0.25, 0.3) is 0 Å². The summed E-state index contributed by atoms with van der Waals surface area (Å²) in [5.74, 6) is 1.62. The molecule has 3 heterocycles. The molecule has 3 aromatic heterocycles. The molecule has 21 heavy (non-hydrogen) atoms. The Kier molecular flexibility index (Phi) is 3.08. The third-order valence-electron chi connectivity index (χ3n) is 3.84. The van der Waals surface area contributed by atoms with Gasteiger partial charge in [0.05, 0.1) is 11.4 Å². The molecule has 5 nitrogen and oxygen atoms in total. The maximum atomic E-state index is 4.76. The Hall–Kier alpha value is -1.66. The summed E-state index contributed by atoms with van der Waals surface area (Å²) in [5.41, 5.74) is 2.37. The Labute approximate surface area is 127 Å². The van der Waals surface area contributed by atoms with Crippen molar-refractivity contribution in [3.63, 3.8) is 0 Å². The Morgan fingerprint density at radius 3 is 3.00 bits per heavy atom. The summed E-state index contributed by atoms with van der Waals surface area (Å²) in [6.07, 6.45) is 6.67. The molecule has 0 saturated heterocycles. The minimum Gasteiger partial charge on any atom is -0.309 e. The molecule has 0 atom stereocenters.